The first-order chi connectivity index (χ1) is 15.3. The van der Waals surface area contributed by atoms with Gasteiger partial charge in [-0.1, -0.05) is 45.9 Å². The molecule has 180 valence electrons. The number of hydrogen-bond acceptors (Lipinski definition) is 4. The van der Waals surface area contributed by atoms with Gasteiger partial charge in [0.05, 0.1) is 22.8 Å². The van der Waals surface area contributed by atoms with Crippen molar-refractivity contribution in [3.8, 4) is 0 Å². The first kappa shape index (κ1) is 23.4. The molecule has 0 radical (unpaired) electrons. The molecule has 1 heterocycles. The van der Waals surface area contributed by atoms with E-state index in [-0.39, 0.29) is 34.4 Å². The maximum Gasteiger partial charge on any atom is 0.335 e. The number of halogens is 1. The first-order valence-electron chi connectivity index (χ1n) is 12.2. The van der Waals surface area contributed by atoms with Crippen molar-refractivity contribution in [3.63, 3.8) is 0 Å². The fraction of sp³-hybridized carbons (Fsp3) is 0.679. The largest absolute Gasteiger partial charge is 0.431 e. The maximum atomic E-state index is 12.5. The minimum absolute atomic E-state index is 0.00440. The van der Waals surface area contributed by atoms with E-state index in [1.54, 1.807) is 13.4 Å². The second kappa shape index (κ2) is 7.08. The molecule has 2 fully saturated rings. The highest BCUT2D eigenvalue weighted by atomic mass is 35.5. The second-order valence-corrected chi connectivity index (χ2v) is 13.2. The molecule has 1 N–H and O–H groups in total. The summed E-state index contributed by atoms with van der Waals surface area (Å²) in [7, 11) is 1.80. The van der Waals surface area contributed by atoms with Crippen molar-refractivity contribution in [1.82, 2.24) is 0 Å². The zero-order chi connectivity index (χ0) is 24.0. The van der Waals surface area contributed by atoms with Crippen molar-refractivity contribution in [2.24, 2.45) is 28.1 Å². The van der Waals surface area contributed by atoms with Crippen LogP contribution < -0.4 is 5.63 Å². The molecule has 8 atom stereocenters. The van der Waals surface area contributed by atoms with Gasteiger partial charge >= 0.3 is 5.63 Å². The molecule has 5 heteroatoms. The summed E-state index contributed by atoms with van der Waals surface area (Å²) in [5, 5.41) is 12.5. The third kappa shape index (κ3) is 2.93. The Morgan fingerprint density at radius 1 is 1.18 bits per heavy atom. The summed E-state index contributed by atoms with van der Waals surface area (Å²) in [4.78, 5) is 11.0. The Morgan fingerprint density at radius 3 is 2.55 bits per heavy atom. The molecule has 1 aromatic heterocycles. The maximum absolute atomic E-state index is 12.5. The highest BCUT2D eigenvalue weighted by Crippen LogP contribution is 2.72. The standard InChI is InChI=1S/C28H37ClO4/c1-24(2)20-9-8-19-18(25(20,3)13-12-21(24)32-6)11-14-26(4)23(17-7-10-22(30)33-15-17)27(5,29)16-28(19,26)31/h7-8,10,12-13,15,18,20-21,23,31H,9,11,14,16H2,1-6H3/t18-,20-,21-,23+,25+,26+,27?,28-/m0/s1. The monoisotopic (exact) mass is 472 g/mol. The summed E-state index contributed by atoms with van der Waals surface area (Å²) in [5.41, 5.74) is 0.205. The number of hydrogen-bond donors (Lipinski definition) is 1. The van der Waals surface area contributed by atoms with Crippen LogP contribution in [0.3, 0.4) is 0 Å². The molecule has 5 rings (SSSR count). The molecule has 1 unspecified atom stereocenters. The van der Waals surface area contributed by atoms with Crippen LogP contribution in [0.5, 0.6) is 0 Å². The van der Waals surface area contributed by atoms with Crippen molar-refractivity contribution in [2.75, 3.05) is 7.11 Å². The minimum atomic E-state index is -1.00. The highest BCUT2D eigenvalue weighted by molar-refractivity contribution is 6.24. The topological polar surface area (TPSA) is 59.7 Å². The Kier molecular flexibility index (Phi) is 5.02. The average molecular weight is 473 g/mol. The molecular weight excluding hydrogens is 436 g/mol. The van der Waals surface area contributed by atoms with Gasteiger partial charge in [-0.25, -0.2) is 4.79 Å². The quantitative estimate of drug-likeness (QED) is 0.434. The number of methoxy groups -OCH3 is 1. The molecular formula is C28H37ClO4. The average Bonchev–Trinajstić information content (AvgIpc) is 2.89. The predicted octanol–water partition coefficient (Wildman–Crippen LogP) is 5.84. The minimum Gasteiger partial charge on any atom is -0.431 e. The Labute approximate surface area is 202 Å². The van der Waals surface area contributed by atoms with E-state index < -0.39 is 15.9 Å². The van der Waals surface area contributed by atoms with E-state index in [1.807, 2.05) is 13.0 Å². The number of aliphatic hydroxyl groups is 1. The second-order valence-electron chi connectivity index (χ2n) is 12.3. The van der Waals surface area contributed by atoms with Crippen LogP contribution in [0.15, 0.2) is 51.4 Å². The third-order valence-corrected chi connectivity index (χ3v) is 10.6. The SMILES string of the molecule is CO[C@H]1C=C[C@]2(C)[C@H]3CC[C@]4(C)[C@@H](c5ccc(=O)oc5)C(C)(Cl)C[C@]4(O)C3=CC[C@H]2C1(C)C. The normalized spacial score (nSPS) is 47.9. The first-order valence-corrected chi connectivity index (χ1v) is 12.6. The molecule has 0 spiro atoms. The molecule has 0 aromatic carbocycles. The van der Waals surface area contributed by atoms with Crippen molar-refractivity contribution in [1.29, 1.82) is 0 Å². The van der Waals surface area contributed by atoms with Gasteiger partial charge in [-0.2, -0.15) is 0 Å². The molecule has 0 bridgehead atoms. The summed E-state index contributed by atoms with van der Waals surface area (Å²) in [6.45, 7) is 11.2. The van der Waals surface area contributed by atoms with E-state index in [0.717, 1.165) is 30.4 Å². The highest BCUT2D eigenvalue weighted by Gasteiger charge is 2.71. The number of fused-ring (bicyclic) bond motifs is 5. The van der Waals surface area contributed by atoms with E-state index in [4.69, 9.17) is 20.8 Å². The Morgan fingerprint density at radius 2 is 1.91 bits per heavy atom. The van der Waals surface area contributed by atoms with Crippen LogP contribution in [0.4, 0.5) is 0 Å². The summed E-state index contributed by atoms with van der Waals surface area (Å²) in [6, 6.07) is 3.28. The van der Waals surface area contributed by atoms with Crippen molar-refractivity contribution >= 4 is 11.6 Å². The van der Waals surface area contributed by atoms with E-state index in [1.165, 1.54) is 6.07 Å². The molecule has 0 saturated heterocycles. The summed E-state index contributed by atoms with van der Waals surface area (Å²) < 4.78 is 11.1. The number of ether oxygens (including phenoxy) is 1. The van der Waals surface area contributed by atoms with Crippen LogP contribution in [0, 0.1) is 28.1 Å². The lowest BCUT2D eigenvalue weighted by Crippen LogP contribution is -2.59. The van der Waals surface area contributed by atoms with Gasteiger partial charge in [-0.3, -0.25) is 0 Å². The number of rotatable bonds is 2. The van der Waals surface area contributed by atoms with Crippen LogP contribution in [-0.2, 0) is 4.74 Å². The fourth-order valence-corrected chi connectivity index (χ4v) is 9.35. The van der Waals surface area contributed by atoms with Crippen LogP contribution in [0.2, 0.25) is 0 Å². The lowest BCUT2D eigenvalue weighted by molar-refractivity contribution is -0.105. The molecule has 1 aromatic rings. The van der Waals surface area contributed by atoms with Gasteiger partial charge in [0.2, 0.25) is 0 Å². The summed E-state index contributed by atoms with van der Waals surface area (Å²) in [6.07, 6.45) is 11.9. The lowest BCUT2D eigenvalue weighted by atomic mass is 9.44. The third-order valence-electron chi connectivity index (χ3n) is 10.2. The zero-order valence-corrected chi connectivity index (χ0v) is 21.4. The van der Waals surface area contributed by atoms with Crippen LogP contribution in [-0.4, -0.2) is 28.8 Å². The Hall–Kier alpha value is -1.36. The summed E-state index contributed by atoms with van der Waals surface area (Å²) in [5.74, 6) is 0.580. The van der Waals surface area contributed by atoms with Gasteiger partial charge in [0.15, 0.2) is 0 Å². The summed E-state index contributed by atoms with van der Waals surface area (Å²) >= 11 is 7.21. The van der Waals surface area contributed by atoms with Crippen molar-refractivity contribution in [3.05, 3.63) is 58.2 Å². The van der Waals surface area contributed by atoms with Gasteiger partial charge < -0.3 is 14.3 Å². The van der Waals surface area contributed by atoms with E-state index in [2.05, 4.69) is 45.9 Å². The van der Waals surface area contributed by atoms with Gasteiger partial charge in [0.1, 0.15) is 0 Å². The van der Waals surface area contributed by atoms with Crippen LogP contribution in [0.25, 0.3) is 0 Å². The Bertz CT molecular complexity index is 1060. The van der Waals surface area contributed by atoms with Gasteiger partial charge in [0.25, 0.3) is 0 Å². The van der Waals surface area contributed by atoms with Crippen molar-refractivity contribution < 1.29 is 14.3 Å². The number of allylic oxidation sites excluding steroid dienone is 2. The molecule has 0 aliphatic heterocycles. The van der Waals surface area contributed by atoms with Crippen LogP contribution in [0.1, 0.15) is 71.8 Å². The van der Waals surface area contributed by atoms with Gasteiger partial charge in [0, 0.05) is 30.9 Å². The molecule has 4 nitrogen and oxygen atoms in total. The smallest absolute Gasteiger partial charge is 0.335 e. The Balaban J connectivity index is 1.61. The van der Waals surface area contributed by atoms with E-state index in [0.29, 0.717) is 12.3 Å². The predicted molar refractivity (Wildman–Crippen MR) is 130 cm³/mol. The molecule has 2 saturated carbocycles. The zero-order valence-electron chi connectivity index (χ0n) is 20.7. The fourth-order valence-electron chi connectivity index (χ4n) is 8.79. The van der Waals surface area contributed by atoms with Crippen LogP contribution >= 0.6 is 11.6 Å². The lowest BCUT2D eigenvalue weighted by Gasteiger charge is -2.61. The molecule has 33 heavy (non-hydrogen) atoms. The van der Waals surface area contributed by atoms with E-state index >= 15 is 0 Å². The molecule has 4 aliphatic carbocycles. The van der Waals surface area contributed by atoms with Gasteiger partial charge in [-0.15, -0.1) is 11.6 Å². The van der Waals surface area contributed by atoms with Gasteiger partial charge in [-0.05, 0) is 66.1 Å². The molecule has 4 aliphatic rings. The number of alkyl halides is 1. The molecule has 0 amide bonds. The van der Waals surface area contributed by atoms with E-state index in [9.17, 15) is 9.90 Å². The van der Waals surface area contributed by atoms with Crippen molar-refractivity contribution in [2.45, 2.75) is 82.8 Å².